The van der Waals surface area contributed by atoms with E-state index in [4.69, 9.17) is 0 Å². The fourth-order valence-corrected chi connectivity index (χ4v) is 1.90. The molecule has 0 atom stereocenters. The molecule has 0 spiro atoms. The highest BCUT2D eigenvalue weighted by molar-refractivity contribution is 9.10. The monoisotopic (exact) mass is 251 g/mol. The number of carbonyl (C=O) groups excluding carboxylic acids is 1. The summed E-state index contributed by atoms with van der Waals surface area (Å²) < 4.78 is 2.55. The Morgan fingerprint density at radius 3 is 3.07 bits per heavy atom. The van der Waals surface area contributed by atoms with Gasteiger partial charge in [-0.2, -0.15) is 5.10 Å². The minimum atomic E-state index is 0.393. The van der Waals surface area contributed by atoms with E-state index in [1.165, 1.54) is 6.08 Å². The lowest BCUT2D eigenvalue weighted by atomic mass is 10.2. The molecule has 0 radical (unpaired) electrons. The minimum absolute atomic E-state index is 0.393. The number of aromatic nitrogens is 2. The third-order valence-corrected chi connectivity index (χ3v) is 2.62. The van der Waals surface area contributed by atoms with Crippen LogP contribution in [0.25, 0.3) is 10.9 Å². The van der Waals surface area contributed by atoms with Gasteiger partial charge in [0.2, 0.25) is 6.08 Å². The fourth-order valence-electron chi connectivity index (χ4n) is 1.37. The number of hydrogen-bond donors (Lipinski definition) is 0. The number of fused-ring (bicyclic) bond motifs is 1. The van der Waals surface area contributed by atoms with Crippen molar-refractivity contribution in [1.29, 1.82) is 0 Å². The lowest BCUT2D eigenvalue weighted by Crippen LogP contribution is -1.87. The molecule has 4 nitrogen and oxygen atoms in total. The number of halogens is 1. The summed E-state index contributed by atoms with van der Waals surface area (Å²) in [5.74, 6) is 0.393. The third-order valence-electron chi connectivity index (χ3n) is 1.96. The lowest BCUT2D eigenvalue weighted by molar-refractivity contribution is 0.565. The zero-order valence-electron chi connectivity index (χ0n) is 7.36. The van der Waals surface area contributed by atoms with Crippen LogP contribution < -0.4 is 0 Å². The molecule has 1 aromatic heterocycles. The van der Waals surface area contributed by atoms with Gasteiger partial charge in [0.05, 0.1) is 10.9 Å². The largest absolute Gasteiger partial charge is 0.266 e. The molecule has 1 aromatic carbocycles. The molecule has 0 aliphatic heterocycles. The van der Waals surface area contributed by atoms with Crippen molar-refractivity contribution in [3.8, 4) is 0 Å². The Labute approximate surface area is 88.4 Å². The summed E-state index contributed by atoms with van der Waals surface area (Å²) in [6, 6.07) is 5.70. The van der Waals surface area contributed by atoms with Gasteiger partial charge in [-0.1, -0.05) is 6.07 Å². The molecule has 14 heavy (non-hydrogen) atoms. The maximum absolute atomic E-state index is 10.2. The van der Waals surface area contributed by atoms with Crippen LogP contribution in [0.3, 0.4) is 0 Å². The maximum Gasteiger partial charge on any atom is 0.242 e. The van der Waals surface area contributed by atoms with Crippen LogP contribution in [-0.2, 0) is 11.8 Å². The third kappa shape index (κ3) is 1.27. The molecule has 0 saturated carbocycles. The molecule has 0 N–H and O–H groups in total. The van der Waals surface area contributed by atoms with Crippen LogP contribution in [0.15, 0.2) is 27.7 Å². The number of aliphatic imine (C=N–C) groups is 1. The van der Waals surface area contributed by atoms with Gasteiger partial charge in [0.1, 0.15) is 0 Å². The molecular formula is C9H6BrN3O. The van der Waals surface area contributed by atoms with Crippen molar-refractivity contribution in [2.24, 2.45) is 12.0 Å². The number of rotatable bonds is 1. The number of nitrogens with zero attached hydrogens (tertiary/aromatic N) is 3. The average Bonchev–Trinajstić information content (AvgIpc) is 2.46. The van der Waals surface area contributed by atoms with Crippen LogP contribution >= 0.6 is 15.9 Å². The minimum Gasteiger partial charge on any atom is -0.266 e. The molecule has 0 saturated heterocycles. The van der Waals surface area contributed by atoms with Gasteiger partial charge in [0.15, 0.2) is 5.82 Å². The topological polar surface area (TPSA) is 47.2 Å². The standard InChI is InChI=1S/C9H6BrN3O/c1-13-7-4-2-3-6(10)8(7)9(12-13)11-5-14/h2-4H,1H3. The van der Waals surface area contributed by atoms with Crippen LogP contribution in [0, 0.1) is 0 Å². The second-order valence-electron chi connectivity index (χ2n) is 2.78. The van der Waals surface area contributed by atoms with Crippen molar-refractivity contribution in [2.75, 3.05) is 0 Å². The SMILES string of the molecule is Cn1nc(N=C=O)c2c(Br)cccc21. The van der Waals surface area contributed by atoms with E-state index in [1.807, 2.05) is 18.2 Å². The zero-order chi connectivity index (χ0) is 10.1. The Balaban J connectivity index is 2.92. The normalized spacial score (nSPS) is 10.1. The summed E-state index contributed by atoms with van der Waals surface area (Å²) in [4.78, 5) is 13.7. The van der Waals surface area contributed by atoms with Gasteiger partial charge in [0, 0.05) is 11.5 Å². The molecule has 0 amide bonds. The van der Waals surface area contributed by atoms with E-state index in [0.29, 0.717) is 5.82 Å². The van der Waals surface area contributed by atoms with Gasteiger partial charge in [-0.3, -0.25) is 4.68 Å². The van der Waals surface area contributed by atoms with Crippen molar-refractivity contribution in [2.45, 2.75) is 0 Å². The van der Waals surface area contributed by atoms with Crippen LogP contribution in [0.4, 0.5) is 5.82 Å². The van der Waals surface area contributed by atoms with E-state index in [9.17, 15) is 4.79 Å². The maximum atomic E-state index is 10.2. The Morgan fingerprint density at radius 1 is 1.57 bits per heavy atom. The lowest BCUT2D eigenvalue weighted by Gasteiger charge is -1.93. The zero-order valence-corrected chi connectivity index (χ0v) is 8.95. The Kier molecular flexibility index (Phi) is 2.19. The van der Waals surface area contributed by atoms with Crippen LogP contribution in [0.2, 0.25) is 0 Å². The molecule has 5 heteroatoms. The smallest absolute Gasteiger partial charge is 0.242 e. The van der Waals surface area contributed by atoms with Crippen LogP contribution in [0.1, 0.15) is 0 Å². The van der Waals surface area contributed by atoms with Gasteiger partial charge < -0.3 is 0 Å². The predicted molar refractivity (Wildman–Crippen MR) is 56.2 cm³/mol. The highest BCUT2D eigenvalue weighted by Gasteiger charge is 2.09. The first-order valence-electron chi connectivity index (χ1n) is 3.93. The van der Waals surface area contributed by atoms with Crippen molar-refractivity contribution in [1.82, 2.24) is 9.78 Å². The first kappa shape index (κ1) is 9.12. The van der Waals surface area contributed by atoms with Crippen LogP contribution in [0.5, 0.6) is 0 Å². The average molecular weight is 252 g/mol. The van der Waals surface area contributed by atoms with Gasteiger partial charge in [0.25, 0.3) is 0 Å². The Bertz CT molecular complexity index is 540. The summed E-state index contributed by atoms with van der Waals surface area (Å²) in [7, 11) is 1.80. The summed E-state index contributed by atoms with van der Waals surface area (Å²) in [6.45, 7) is 0. The predicted octanol–water partition coefficient (Wildman–Crippen LogP) is 2.30. The summed E-state index contributed by atoms with van der Waals surface area (Å²) in [6.07, 6.45) is 1.50. The second-order valence-corrected chi connectivity index (χ2v) is 3.64. The molecule has 0 aliphatic rings. The highest BCUT2D eigenvalue weighted by Crippen LogP contribution is 2.31. The van der Waals surface area contributed by atoms with E-state index in [2.05, 4.69) is 26.0 Å². The summed E-state index contributed by atoms with van der Waals surface area (Å²) >= 11 is 3.39. The van der Waals surface area contributed by atoms with Crippen molar-refractivity contribution < 1.29 is 4.79 Å². The van der Waals surface area contributed by atoms with Crippen LogP contribution in [-0.4, -0.2) is 15.9 Å². The van der Waals surface area contributed by atoms with Gasteiger partial charge in [-0.25, -0.2) is 4.79 Å². The van der Waals surface area contributed by atoms with Gasteiger partial charge >= 0.3 is 0 Å². The summed E-state index contributed by atoms with van der Waals surface area (Å²) in [5.41, 5.74) is 0.924. The molecule has 0 bridgehead atoms. The highest BCUT2D eigenvalue weighted by atomic mass is 79.9. The molecule has 0 aliphatic carbocycles. The molecule has 0 unspecified atom stereocenters. The Morgan fingerprint density at radius 2 is 2.36 bits per heavy atom. The van der Waals surface area contributed by atoms with E-state index in [1.54, 1.807) is 11.7 Å². The second kappa shape index (κ2) is 3.36. The van der Waals surface area contributed by atoms with E-state index < -0.39 is 0 Å². The molecular weight excluding hydrogens is 246 g/mol. The number of isocyanates is 1. The molecule has 2 rings (SSSR count). The molecule has 70 valence electrons. The first-order valence-corrected chi connectivity index (χ1v) is 4.72. The van der Waals surface area contributed by atoms with Crippen molar-refractivity contribution in [3.63, 3.8) is 0 Å². The number of benzene rings is 1. The fraction of sp³-hybridized carbons (Fsp3) is 0.111. The Hall–Kier alpha value is -1.45. The van der Waals surface area contributed by atoms with E-state index in [0.717, 1.165) is 15.4 Å². The first-order chi connectivity index (χ1) is 6.74. The summed E-state index contributed by atoms with van der Waals surface area (Å²) in [5, 5.41) is 4.93. The van der Waals surface area contributed by atoms with Gasteiger partial charge in [-0.05, 0) is 28.1 Å². The quantitative estimate of drug-likeness (QED) is 0.577. The molecule has 2 aromatic rings. The number of hydrogen-bond acceptors (Lipinski definition) is 3. The van der Waals surface area contributed by atoms with E-state index in [-0.39, 0.29) is 0 Å². The van der Waals surface area contributed by atoms with E-state index >= 15 is 0 Å². The van der Waals surface area contributed by atoms with Crippen molar-refractivity contribution >= 4 is 38.7 Å². The van der Waals surface area contributed by atoms with Gasteiger partial charge in [-0.15, -0.1) is 4.99 Å². The molecule has 1 heterocycles. The van der Waals surface area contributed by atoms with Crippen molar-refractivity contribution in [3.05, 3.63) is 22.7 Å². The number of aryl methyl sites for hydroxylation is 1. The molecule has 0 fully saturated rings.